The first kappa shape index (κ1) is 91.4. The van der Waals surface area contributed by atoms with E-state index in [-0.39, 0.29) is 18.9 Å². The van der Waals surface area contributed by atoms with Gasteiger partial charge < -0.3 is 89.9 Å². The fourth-order valence-electron chi connectivity index (χ4n) is 13.3. The molecule has 0 aromatic rings. The number of hydrogen-bond donors (Lipinski definition) is 12. The molecule has 582 valence electrons. The first-order valence-electron chi connectivity index (χ1n) is 40.2. The third-order valence-corrected chi connectivity index (χ3v) is 19.8. The lowest BCUT2D eigenvalue weighted by Gasteiger charge is -2.48. The largest absolute Gasteiger partial charge is 0.394 e. The van der Waals surface area contributed by atoms with Gasteiger partial charge in [0.2, 0.25) is 5.91 Å². The van der Waals surface area contributed by atoms with Crippen LogP contribution in [-0.2, 0) is 33.2 Å². The van der Waals surface area contributed by atoms with Gasteiger partial charge in [-0.05, 0) is 64.2 Å². The fraction of sp³-hybridized carbons (Fsp3) is 0.840. The predicted octanol–water partition coefficient (Wildman–Crippen LogP) is 13.2. The van der Waals surface area contributed by atoms with E-state index in [4.69, 9.17) is 28.4 Å². The van der Waals surface area contributed by atoms with Crippen molar-refractivity contribution in [3.05, 3.63) is 72.9 Å². The Labute approximate surface area is 604 Å². The van der Waals surface area contributed by atoms with E-state index in [9.17, 15) is 61.0 Å². The molecule has 3 fully saturated rings. The van der Waals surface area contributed by atoms with Crippen LogP contribution in [0.5, 0.6) is 0 Å². The molecule has 0 aromatic heterocycles. The van der Waals surface area contributed by atoms with Crippen LogP contribution in [0.25, 0.3) is 0 Å². The first-order chi connectivity index (χ1) is 48.8. The molecule has 17 unspecified atom stereocenters. The van der Waals surface area contributed by atoms with Crippen LogP contribution in [-0.4, -0.2) is 193 Å². The van der Waals surface area contributed by atoms with Gasteiger partial charge in [-0.2, -0.15) is 0 Å². The van der Waals surface area contributed by atoms with Crippen molar-refractivity contribution in [3.63, 3.8) is 0 Å². The molecule has 3 saturated heterocycles. The minimum atomic E-state index is -1.98. The maximum Gasteiger partial charge on any atom is 0.220 e. The molecule has 3 aliphatic rings. The maximum atomic E-state index is 13.5. The number of carbonyl (C=O) groups is 1. The highest BCUT2D eigenvalue weighted by Crippen LogP contribution is 2.33. The summed E-state index contributed by atoms with van der Waals surface area (Å²) < 4.78 is 34.4. The van der Waals surface area contributed by atoms with Gasteiger partial charge in [-0.3, -0.25) is 4.79 Å². The van der Waals surface area contributed by atoms with Crippen LogP contribution in [0, 0.1) is 0 Å². The number of allylic oxidation sites excluding steroid dienone is 11. The SMILES string of the molecule is CC/C=C\C/C=C\C/C=C\C/C=C\C/C=C\CCCCCCCCCCCCCCCCCCCCCCCCCC(=O)NC(COC1OC(CO)C(OC2OC(CO)C(OC3OC(CO)C(O)C(O)C3O)C(O)C2O)C(O)C1O)C(O)/C=C/CCCCCCCCCCCCCCCC. The van der Waals surface area contributed by atoms with Crippen LogP contribution in [0.2, 0.25) is 0 Å². The Morgan fingerprint density at radius 2 is 0.690 bits per heavy atom. The number of hydrogen-bond acceptors (Lipinski definition) is 18. The van der Waals surface area contributed by atoms with Gasteiger partial charge in [0.05, 0.1) is 38.6 Å². The number of carbonyl (C=O) groups excluding carboxylic acids is 1. The first-order valence-corrected chi connectivity index (χ1v) is 40.2. The molecule has 19 nitrogen and oxygen atoms in total. The summed E-state index contributed by atoms with van der Waals surface area (Å²) in [6.45, 7) is 1.64. The molecule has 0 radical (unpaired) electrons. The summed E-state index contributed by atoms with van der Waals surface area (Å²) in [5.41, 5.74) is 0. The number of ether oxygens (including phenoxy) is 6. The van der Waals surface area contributed by atoms with Crippen molar-refractivity contribution >= 4 is 5.91 Å². The normalized spacial score (nSPS) is 26.8. The Balaban J connectivity index is 1.30. The second-order valence-electron chi connectivity index (χ2n) is 28.5. The molecule has 0 spiro atoms. The third kappa shape index (κ3) is 41.2. The molecule has 12 N–H and O–H groups in total. The second-order valence-corrected chi connectivity index (χ2v) is 28.5. The summed E-state index contributed by atoms with van der Waals surface area (Å²) in [5, 5.41) is 121. The molecular formula is C81H145NO18. The third-order valence-electron chi connectivity index (χ3n) is 19.8. The van der Waals surface area contributed by atoms with Gasteiger partial charge in [-0.1, -0.05) is 305 Å². The molecule has 100 heavy (non-hydrogen) atoms. The van der Waals surface area contributed by atoms with Crippen LogP contribution >= 0.6 is 0 Å². The molecular weight excluding hydrogens is 1270 g/mol. The summed E-state index contributed by atoms with van der Waals surface area (Å²) in [7, 11) is 0. The molecule has 1 amide bonds. The summed E-state index contributed by atoms with van der Waals surface area (Å²) >= 11 is 0. The number of nitrogens with one attached hydrogen (secondary N) is 1. The lowest BCUT2D eigenvalue weighted by atomic mass is 9.96. The maximum absolute atomic E-state index is 13.5. The van der Waals surface area contributed by atoms with Crippen molar-refractivity contribution in [1.82, 2.24) is 5.32 Å². The van der Waals surface area contributed by atoms with E-state index in [1.165, 1.54) is 199 Å². The highest BCUT2D eigenvalue weighted by molar-refractivity contribution is 5.76. The van der Waals surface area contributed by atoms with E-state index in [0.717, 1.165) is 77.0 Å². The Morgan fingerprint density at radius 1 is 0.370 bits per heavy atom. The van der Waals surface area contributed by atoms with E-state index < -0.39 is 124 Å². The topological polar surface area (TPSA) is 307 Å². The predicted molar refractivity (Wildman–Crippen MR) is 397 cm³/mol. The zero-order valence-corrected chi connectivity index (χ0v) is 62.2. The molecule has 3 heterocycles. The molecule has 3 rings (SSSR count). The van der Waals surface area contributed by atoms with E-state index in [1.54, 1.807) is 6.08 Å². The van der Waals surface area contributed by atoms with Crippen molar-refractivity contribution in [2.75, 3.05) is 26.4 Å². The summed E-state index contributed by atoms with van der Waals surface area (Å²) in [4.78, 5) is 13.5. The molecule has 0 saturated carbocycles. The van der Waals surface area contributed by atoms with Crippen molar-refractivity contribution in [2.45, 2.75) is 407 Å². The molecule has 19 heteroatoms. The zero-order chi connectivity index (χ0) is 72.5. The van der Waals surface area contributed by atoms with Crippen molar-refractivity contribution in [1.29, 1.82) is 0 Å². The smallest absolute Gasteiger partial charge is 0.220 e. The van der Waals surface area contributed by atoms with Gasteiger partial charge in [-0.25, -0.2) is 0 Å². The summed E-state index contributed by atoms with van der Waals surface area (Å²) in [6, 6.07) is -0.974. The summed E-state index contributed by atoms with van der Waals surface area (Å²) in [5.74, 6) is -0.272. The van der Waals surface area contributed by atoms with Gasteiger partial charge in [-0.15, -0.1) is 0 Å². The standard InChI is InChI=1S/C81H145NO18/c1-3-5-7-9-11-13-15-17-19-21-22-23-24-25-26-27-28-29-30-31-32-33-34-35-36-37-38-39-40-41-42-43-45-47-49-51-53-55-57-59-69(87)82-64(65(86)58-56-54-52-50-48-46-44-20-18-16-14-12-10-8-6-4-2)63-95-79-75(93)72(90)77(67(61-84)97-79)100-81-76(94)73(91)78(68(62-85)98-81)99-80-74(92)71(89)70(88)66(60-83)96-80/h5,7,11,13,17,19,22-23,25-26,56,58,64-68,70-81,83-86,88-94H,3-4,6,8-10,12,14-16,18,20-21,24,27-55,57,59-63H2,1-2H3,(H,82,87)/b7-5-,13-11-,19-17-,23-22-,26-25-,58-56+. The van der Waals surface area contributed by atoms with E-state index >= 15 is 0 Å². The average Bonchev–Trinajstić information content (AvgIpc) is 0.784. The van der Waals surface area contributed by atoms with Gasteiger partial charge in [0.15, 0.2) is 18.9 Å². The second kappa shape index (κ2) is 61.4. The number of rotatable bonds is 63. The lowest BCUT2D eigenvalue weighted by Crippen LogP contribution is -2.66. The van der Waals surface area contributed by atoms with E-state index in [0.29, 0.717) is 6.42 Å². The number of unbranched alkanes of at least 4 members (excludes halogenated alkanes) is 37. The monoisotopic (exact) mass is 1420 g/mol. The van der Waals surface area contributed by atoms with Crippen molar-refractivity contribution in [3.8, 4) is 0 Å². The van der Waals surface area contributed by atoms with Crippen LogP contribution in [0.4, 0.5) is 0 Å². The number of amides is 1. The Hall–Kier alpha value is -2.77. The van der Waals surface area contributed by atoms with E-state index in [1.807, 2.05) is 6.08 Å². The van der Waals surface area contributed by atoms with Gasteiger partial charge in [0, 0.05) is 6.42 Å². The Morgan fingerprint density at radius 3 is 1.08 bits per heavy atom. The molecule has 3 aliphatic heterocycles. The quantitative estimate of drug-likeness (QED) is 0.0199. The Kier molecular flexibility index (Phi) is 56.1. The number of aliphatic hydroxyl groups is 11. The Bertz CT molecular complexity index is 2090. The lowest BCUT2D eigenvalue weighted by molar-refractivity contribution is -0.379. The molecule has 0 aliphatic carbocycles. The average molecular weight is 1420 g/mol. The van der Waals surface area contributed by atoms with Gasteiger partial charge >= 0.3 is 0 Å². The highest BCUT2D eigenvalue weighted by atomic mass is 16.8. The van der Waals surface area contributed by atoms with Gasteiger partial charge in [0.1, 0.15) is 73.2 Å². The van der Waals surface area contributed by atoms with Crippen molar-refractivity contribution < 1.29 is 89.4 Å². The molecule has 17 atom stereocenters. The zero-order valence-electron chi connectivity index (χ0n) is 62.2. The summed E-state index contributed by atoms with van der Waals surface area (Å²) in [6.07, 6.45) is 53.3. The minimum absolute atomic E-state index is 0.245. The fourth-order valence-corrected chi connectivity index (χ4v) is 13.3. The molecule has 0 aromatic carbocycles. The van der Waals surface area contributed by atoms with Crippen molar-refractivity contribution in [2.24, 2.45) is 0 Å². The van der Waals surface area contributed by atoms with E-state index in [2.05, 4.69) is 79.9 Å². The minimum Gasteiger partial charge on any atom is -0.394 e. The highest BCUT2D eigenvalue weighted by Gasteiger charge is 2.54. The van der Waals surface area contributed by atoms with Crippen LogP contribution in [0.15, 0.2) is 72.9 Å². The van der Waals surface area contributed by atoms with Crippen LogP contribution in [0.1, 0.15) is 303 Å². The van der Waals surface area contributed by atoms with Crippen LogP contribution < -0.4 is 5.32 Å². The number of aliphatic hydroxyl groups excluding tert-OH is 11. The van der Waals surface area contributed by atoms with Gasteiger partial charge in [0.25, 0.3) is 0 Å². The van der Waals surface area contributed by atoms with Crippen LogP contribution in [0.3, 0.4) is 0 Å². The molecule has 0 bridgehead atoms.